The number of carbonyl (C=O) groups is 3. The van der Waals surface area contributed by atoms with E-state index in [0.29, 0.717) is 16.7 Å². The number of aliphatic hydroxyl groups excluding tert-OH is 2. The molecule has 0 spiro atoms. The molecular formula is C27H26N2O8. The number of aliphatic hydroxyl groups is 3. The Kier molecular flexibility index (Phi) is 5.43. The lowest BCUT2D eigenvalue weighted by molar-refractivity contribution is -0.148. The minimum Gasteiger partial charge on any atom is -0.510 e. The zero-order valence-corrected chi connectivity index (χ0v) is 20.1. The Morgan fingerprint density at radius 2 is 1.78 bits per heavy atom. The molecule has 7 N–H and O–H groups in total. The third kappa shape index (κ3) is 3.29. The number of ketones is 2. The summed E-state index contributed by atoms with van der Waals surface area (Å²) in [4.78, 5) is 40.6. The molecule has 1 amide bonds. The first-order valence-corrected chi connectivity index (χ1v) is 11.7. The van der Waals surface area contributed by atoms with Gasteiger partial charge in [-0.15, -0.1) is 0 Å². The maximum Gasteiger partial charge on any atom is 0.255 e. The predicted molar refractivity (Wildman–Crippen MR) is 131 cm³/mol. The van der Waals surface area contributed by atoms with Crippen molar-refractivity contribution in [2.45, 2.75) is 24.5 Å². The molecule has 0 fully saturated rings. The number of aromatic hydroxyl groups is 2. The van der Waals surface area contributed by atoms with Crippen LogP contribution in [-0.2, 0) is 16.0 Å². The van der Waals surface area contributed by atoms with E-state index in [9.17, 15) is 39.9 Å². The number of phenolic OH excluding ortho intramolecular Hbond substituents is 2. The van der Waals surface area contributed by atoms with Gasteiger partial charge in [-0.1, -0.05) is 18.2 Å². The number of hydrogen-bond acceptors (Lipinski definition) is 9. The van der Waals surface area contributed by atoms with E-state index in [-0.39, 0.29) is 35.5 Å². The molecule has 3 aliphatic rings. The van der Waals surface area contributed by atoms with Crippen molar-refractivity contribution in [2.75, 3.05) is 14.1 Å². The smallest absolute Gasteiger partial charge is 0.255 e. The summed E-state index contributed by atoms with van der Waals surface area (Å²) in [6, 6.07) is 8.32. The highest BCUT2D eigenvalue weighted by atomic mass is 16.3. The number of amides is 1. The number of rotatable bonds is 3. The fourth-order valence-electron chi connectivity index (χ4n) is 6.19. The molecular weight excluding hydrogens is 480 g/mol. The lowest BCUT2D eigenvalue weighted by Crippen LogP contribution is -2.63. The van der Waals surface area contributed by atoms with Crippen molar-refractivity contribution in [3.05, 3.63) is 70.2 Å². The van der Waals surface area contributed by atoms with Gasteiger partial charge in [-0.2, -0.15) is 0 Å². The van der Waals surface area contributed by atoms with Crippen LogP contribution in [0.4, 0.5) is 0 Å². The molecule has 5 rings (SSSR count). The van der Waals surface area contributed by atoms with Crippen LogP contribution >= 0.6 is 0 Å². The third-order valence-electron chi connectivity index (χ3n) is 7.76. The molecule has 10 heteroatoms. The number of carbonyl (C=O) groups excluding carboxylic acids is 3. The average molecular weight is 507 g/mol. The van der Waals surface area contributed by atoms with Crippen molar-refractivity contribution < 1.29 is 39.9 Å². The Morgan fingerprint density at radius 3 is 2.41 bits per heavy atom. The highest BCUT2D eigenvalue weighted by Crippen LogP contribution is 2.53. The number of allylic oxidation sites excluding steroid dienone is 1. The fraction of sp³-hybridized carbons (Fsp3) is 0.296. The fourth-order valence-corrected chi connectivity index (χ4v) is 6.19. The summed E-state index contributed by atoms with van der Waals surface area (Å²) >= 11 is 0. The van der Waals surface area contributed by atoms with Gasteiger partial charge in [0.15, 0.2) is 11.4 Å². The van der Waals surface area contributed by atoms with Crippen LogP contribution in [0.3, 0.4) is 0 Å². The SMILES string of the molecule is CN(C)[C@H]1C(O)=C(C(N)=O)C(=O)[C@]2(O)C(O)=C3C(=O)c4c(O)ccc(-c5cccc(O)c5)c4C[C@@H]3C[C@H]12. The van der Waals surface area contributed by atoms with Crippen LogP contribution in [0.2, 0.25) is 0 Å². The first-order valence-electron chi connectivity index (χ1n) is 11.7. The van der Waals surface area contributed by atoms with E-state index in [1.807, 2.05) is 0 Å². The van der Waals surface area contributed by atoms with Gasteiger partial charge in [0, 0.05) is 11.5 Å². The number of fused-ring (bicyclic) bond motifs is 3. The summed E-state index contributed by atoms with van der Waals surface area (Å²) < 4.78 is 0. The van der Waals surface area contributed by atoms with Crippen LogP contribution in [0, 0.1) is 11.8 Å². The molecule has 0 bridgehead atoms. The molecule has 0 saturated carbocycles. The zero-order valence-electron chi connectivity index (χ0n) is 20.1. The molecule has 0 aliphatic heterocycles. The largest absolute Gasteiger partial charge is 0.510 e. The van der Waals surface area contributed by atoms with Gasteiger partial charge in [0.05, 0.1) is 11.6 Å². The number of Topliss-reactive ketones (excluding diaryl/α,β-unsaturated/α-hetero) is 2. The molecule has 0 aromatic heterocycles. The molecule has 4 atom stereocenters. The standard InChI is InChI=1S/C27H26N2O8/c1-29(2)21-16-10-12-9-15-14(11-4-3-5-13(30)8-11)6-7-17(31)19(15)22(32)18(12)24(34)27(16,37)25(35)20(23(21)33)26(28)36/h3-8,12,16,21,30-31,33-34,37H,9-10H2,1-2H3,(H2,28,36)/t12-,16-,21-,27-/m1/s1. The van der Waals surface area contributed by atoms with Crippen molar-refractivity contribution in [1.29, 1.82) is 0 Å². The number of likely N-dealkylation sites (N-methyl/N-ethyl adjacent to an activating group) is 1. The molecule has 3 aliphatic carbocycles. The predicted octanol–water partition coefficient (Wildman–Crippen LogP) is 1.49. The second-order valence-corrected chi connectivity index (χ2v) is 10.00. The number of nitrogens with zero attached hydrogens (tertiary/aromatic N) is 1. The minimum absolute atomic E-state index is 0.000891. The van der Waals surface area contributed by atoms with Crippen LogP contribution < -0.4 is 5.73 Å². The first-order chi connectivity index (χ1) is 17.4. The Bertz CT molecular complexity index is 1460. The van der Waals surface area contributed by atoms with E-state index in [1.54, 1.807) is 32.3 Å². The van der Waals surface area contributed by atoms with Gasteiger partial charge in [0.2, 0.25) is 5.78 Å². The summed E-state index contributed by atoms with van der Waals surface area (Å²) in [5.41, 5.74) is 3.21. The molecule has 0 unspecified atom stereocenters. The van der Waals surface area contributed by atoms with Gasteiger partial charge in [-0.25, -0.2) is 0 Å². The van der Waals surface area contributed by atoms with Crippen LogP contribution in [0.25, 0.3) is 11.1 Å². The normalized spacial score (nSPS) is 27.2. The second kappa shape index (κ2) is 8.19. The Balaban J connectivity index is 1.73. The number of primary amides is 1. The first kappa shape index (κ1) is 24.5. The zero-order chi connectivity index (χ0) is 27.0. The molecule has 0 radical (unpaired) electrons. The van der Waals surface area contributed by atoms with E-state index in [1.165, 1.54) is 23.1 Å². The van der Waals surface area contributed by atoms with Crippen molar-refractivity contribution in [1.82, 2.24) is 4.90 Å². The van der Waals surface area contributed by atoms with Gasteiger partial charge >= 0.3 is 0 Å². The molecule has 0 saturated heterocycles. The number of nitrogens with two attached hydrogens (primary N) is 1. The van der Waals surface area contributed by atoms with Crippen molar-refractivity contribution in [3.63, 3.8) is 0 Å². The van der Waals surface area contributed by atoms with E-state index >= 15 is 0 Å². The van der Waals surface area contributed by atoms with Crippen LogP contribution in [-0.4, -0.2) is 73.6 Å². The lowest BCUT2D eigenvalue weighted by Gasteiger charge is -2.50. The number of hydrogen-bond donors (Lipinski definition) is 6. The average Bonchev–Trinajstić information content (AvgIpc) is 2.81. The summed E-state index contributed by atoms with van der Waals surface area (Å²) in [6.07, 6.45) is 0.162. The van der Waals surface area contributed by atoms with E-state index in [4.69, 9.17) is 5.73 Å². The topological polar surface area (TPSA) is 182 Å². The quantitative estimate of drug-likeness (QED) is 0.336. The van der Waals surface area contributed by atoms with Crippen molar-refractivity contribution >= 4 is 17.5 Å². The molecule has 2 aromatic rings. The maximum atomic E-state index is 13.7. The van der Waals surface area contributed by atoms with Gasteiger partial charge in [-0.3, -0.25) is 19.3 Å². The monoisotopic (exact) mass is 506 g/mol. The van der Waals surface area contributed by atoms with Crippen LogP contribution in [0.5, 0.6) is 11.5 Å². The van der Waals surface area contributed by atoms with E-state index < -0.39 is 58.0 Å². The van der Waals surface area contributed by atoms with Crippen LogP contribution in [0.1, 0.15) is 22.3 Å². The third-order valence-corrected chi connectivity index (χ3v) is 7.76. The summed E-state index contributed by atoms with van der Waals surface area (Å²) in [7, 11) is 3.15. The van der Waals surface area contributed by atoms with Gasteiger partial charge < -0.3 is 31.3 Å². The minimum atomic E-state index is -2.68. The van der Waals surface area contributed by atoms with Crippen LogP contribution in [0.15, 0.2) is 59.1 Å². The summed E-state index contributed by atoms with van der Waals surface area (Å²) in [5.74, 6) is -6.93. The second-order valence-electron chi connectivity index (χ2n) is 10.00. The molecule has 10 nitrogen and oxygen atoms in total. The molecule has 2 aromatic carbocycles. The number of phenols is 2. The Hall–Kier alpha value is -4.15. The molecule has 37 heavy (non-hydrogen) atoms. The van der Waals surface area contributed by atoms with Gasteiger partial charge in [0.25, 0.3) is 5.91 Å². The number of benzene rings is 2. The molecule has 192 valence electrons. The Morgan fingerprint density at radius 1 is 1.08 bits per heavy atom. The summed E-state index contributed by atoms with van der Waals surface area (Å²) in [5, 5.41) is 54.4. The molecule has 0 heterocycles. The van der Waals surface area contributed by atoms with Gasteiger partial charge in [-0.05, 0) is 67.7 Å². The van der Waals surface area contributed by atoms with Crippen molar-refractivity contribution in [3.8, 4) is 22.6 Å². The van der Waals surface area contributed by atoms with E-state index in [0.717, 1.165) is 0 Å². The Labute approximate surface area is 211 Å². The maximum absolute atomic E-state index is 13.7. The van der Waals surface area contributed by atoms with E-state index in [2.05, 4.69) is 0 Å². The lowest BCUT2D eigenvalue weighted by atomic mass is 9.58. The highest BCUT2D eigenvalue weighted by molar-refractivity contribution is 6.24. The van der Waals surface area contributed by atoms with Crippen molar-refractivity contribution in [2.24, 2.45) is 17.6 Å². The van der Waals surface area contributed by atoms with Gasteiger partial charge in [0.1, 0.15) is 28.6 Å². The highest BCUT2D eigenvalue weighted by Gasteiger charge is 2.63. The summed E-state index contributed by atoms with van der Waals surface area (Å²) in [6.45, 7) is 0.